The van der Waals surface area contributed by atoms with Crippen LogP contribution >= 0.6 is 11.8 Å². The number of hydrogen-bond acceptors (Lipinski definition) is 4. The fourth-order valence-corrected chi connectivity index (χ4v) is 3.24. The summed E-state index contributed by atoms with van der Waals surface area (Å²) in [6, 6.07) is 0.691. The van der Waals surface area contributed by atoms with Crippen LogP contribution in [0.3, 0.4) is 0 Å². The molecule has 1 spiro atoms. The Morgan fingerprint density at radius 2 is 2.29 bits per heavy atom. The molecule has 14 heavy (non-hydrogen) atoms. The minimum absolute atomic E-state index is 0.573. The van der Waals surface area contributed by atoms with Crippen LogP contribution in [0, 0.1) is 5.41 Å². The molecular weight excluding hydrogens is 196 g/mol. The van der Waals surface area contributed by atoms with Crippen LogP contribution in [0.1, 0.15) is 19.3 Å². The number of ether oxygens (including phenoxy) is 1. The van der Waals surface area contributed by atoms with E-state index in [0.717, 1.165) is 25.5 Å². The monoisotopic (exact) mass is 212 g/mol. The predicted octanol–water partition coefficient (Wildman–Crippen LogP) is 1.25. The Balaban J connectivity index is 1.56. The molecule has 4 heteroatoms. The lowest BCUT2D eigenvalue weighted by Gasteiger charge is -2.23. The minimum Gasteiger partial charge on any atom is -0.381 e. The lowest BCUT2D eigenvalue weighted by molar-refractivity contribution is 0.0552. The molecule has 3 aliphatic rings. The number of nitrogens with one attached hydrogen (secondary N) is 1. The normalized spacial score (nSPS) is 34.3. The van der Waals surface area contributed by atoms with Gasteiger partial charge in [-0.2, -0.15) is 0 Å². The molecule has 1 saturated heterocycles. The number of hydrogen-bond donors (Lipinski definition) is 1. The molecule has 0 aromatic carbocycles. The third-order valence-corrected chi connectivity index (χ3v) is 4.47. The van der Waals surface area contributed by atoms with Gasteiger partial charge in [-0.3, -0.25) is 4.99 Å². The summed E-state index contributed by atoms with van der Waals surface area (Å²) in [4.78, 5) is 4.43. The van der Waals surface area contributed by atoms with Crippen LogP contribution in [0.2, 0.25) is 0 Å². The van der Waals surface area contributed by atoms with Gasteiger partial charge in [0.05, 0.1) is 6.54 Å². The summed E-state index contributed by atoms with van der Waals surface area (Å²) in [5.41, 5.74) is 0.573. The highest BCUT2D eigenvalue weighted by Gasteiger charge is 2.54. The fourth-order valence-electron chi connectivity index (χ4n) is 2.45. The van der Waals surface area contributed by atoms with Crippen LogP contribution in [0.25, 0.3) is 0 Å². The van der Waals surface area contributed by atoms with E-state index in [0.29, 0.717) is 11.5 Å². The Bertz CT molecular complexity index is 261. The molecule has 2 aliphatic heterocycles. The third kappa shape index (κ3) is 1.54. The number of nitrogens with zero attached hydrogens (tertiary/aromatic N) is 1. The maximum atomic E-state index is 5.40. The minimum atomic E-state index is 0.573. The second-order valence-electron chi connectivity index (χ2n) is 4.41. The van der Waals surface area contributed by atoms with Gasteiger partial charge in [0.2, 0.25) is 0 Å². The maximum Gasteiger partial charge on any atom is 0.156 e. The SMILES string of the molecule is C1CSC(NC2CC23CCOCC3)=N1. The van der Waals surface area contributed by atoms with E-state index in [9.17, 15) is 0 Å². The Morgan fingerprint density at radius 3 is 3.00 bits per heavy atom. The number of thioether (sulfide) groups is 1. The van der Waals surface area contributed by atoms with Gasteiger partial charge in [-0.15, -0.1) is 0 Å². The quantitative estimate of drug-likeness (QED) is 0.710. The van der Waals surface area contributed by atoms with Crippen molar-refractivity contribution in [2.45, 2.75) is 25.3 Å². The molecule has 1 atom stereocenters. The van der Waals surface area contributed by atoms with Crippen molar-refractivity contribution in [2.24, 2.45) is 10.4 Å². The number of amidine groups is 1. The van der Waals surface area contributed by atoms with Crippen molar-refractivity contribution < 1.29 is 4.74 Å². The first kappa shape index (κ1) is 9.04. The van der Waals surface area contributed by atoms with E-state index in [1.165, 1.54) is 24.4 Å². The summed E-state index contributed by atoms with van der Waals surface area (Å²) >= 11 is 1.87. The Hall–Kier alpha value is -0.220. The summed E-state index contributed by atoms with van der Waals surface area (Å²) < 4.78 is 5.40. The summed E-state index contributed by atoms with van der Waals surface area (Å²) in [6.07, 6.45) is 3.81. The van der Waals surface area contributed by atoms with Gasteiger partial charge in [-0.05, 0) is 24.7 Å². The molecule has 0 bridgehead atoms. The molecule has 0 amide bonds. The van der Waals surface area contributed by atoms with E-state index in [2.05, 4.69) is 10.3 Å². The summed E-state index contributed by atoms with van der Waals surface area (Å²) in [6.45, 7) is 2.91. The van der Waals surface area contributed by atoms with Crippen LogP contribution in [0.4, 0.5) is 0 Å². The zero-order chi connectivity index (χ0) is 9.43. The average molecular weight is 212 g/mol. The van der Waals surface area contributed by atoms with E-state index in [-0.39, 0.29) is 0 Å². The van der Waals surface area contributed by atoms with Gasteiger partial charge < -0.3 is 10.1 Å². The van der Waals surface area contributed by atoms with Gasteiger partial charge in [0.1, 0.15) is 0 Å². The van der Waals surface area contributed by atoms with Gasteiger partial charge in [0.15, 0.2) is 5.17 Å². The smallest absolute Gasteiger partial charge is 0.156 e. The molecule has 1 aliphatic carbocycles. The Labute approximate surface area is 88.7 Å². The van der Waals surface area contributed by atoms with E-state index < -0.39 is 0 Å². The molecule has 1 N–H and O–H groups in total. The van der Waals surface area contributed by atoms with Crippen molar-refractivity contribution in [1.82, 2.24) is 5.32 Å². The second kappa shape index (κ2) is 3.42. The van der Waals surface area contributed by atoms with Crippen LogP contribution in [-0.4, -0.2) is 36.7 Å². The summed E-state index contributed by atoms with van der Waals surface area (Å²) in [7, 11) is 0. The lowest BCUT2D eigenvalue weighted by Crippen LogP contribution is -2.30. The van der Waals surface area contributed by atoms with Crippen molar-refractivity contribution in [1.29, 1.82) is 0 Å². The van der Waals surface area contributed by atoms with E-state index in [1.807, 2.05) is 11.8 Å². The molecule has 2 fully saturated rings. The molecule has 0 aromatic rings. The van der Waals surface area contributed by atoms with Crippen molar-refractivity contribution in [2.75, 3.05) is 25.5 Å². The van der Waals surface area contributed by atoms with Gasteiger partial charge in [-0.25, -0.2) is 0 Å². The zero-order valence-electron chi connectivity index (χ0n) is 8.29. The highest BCUT2D eigenvalue weighted by Crippen LogP contribution is 2.53. The fraction of sp³-hybridized carbons (Fsp3) is 0.900. The van der Waals surface area contributed by atoms with E-state index in [4.69, 9.17) is 4.74 Å². The Kier molecular flexibility index (Phi) is 2.21. The lowest BCUT2D eigenvalue weighted by atomic mass is 9.96. The Morgan fingerprint density at radius 1 is 1.43 bits per heavy atom. The van der Waals surface area contributed by atoms with E-state index >= 15 is 0 Å². The van der Waals surface area contributed by atoms with Gasteiger partial charge in [0.25, 0.3) is 0 Å². The molecule has 0 aromatic heterocycles. The van der Waals surface area contributed by atoms with Crippen LogP contribution < -0.4 is 5.32 Å². The first-order valence-electron chi connectivity index (χ1n) is 5.41. The predicted molar refractivity (Wildman–Crippen MR) is 58.8 cm³/mol. The van der Waals surface area contributed by atoms with Crippen LogP contribution in [0.15, 0.2) is 4.99 Å². The number of aliphatic imine (C=N–C) groups is 1. The van der Waals surface area contributed by atoms with Crippen molar-refractivity contribution >= 4 is 16.9 Å². The molecule has 1 unspecified atom stereocenters. The topological polar surface area (TPSA) is 33.6 Å². The highest BCUT2D eigenvalue weighted by molar-refractivity contribution is 8.14. The summed E-state index contributed by atoms with van der Waals surface area (Å²) in [5.74, 6) is 1.16. The van der Waals surface area contributed by atoms with Gasteiger partial charge >= 0.3 is 0 Å². The molecule has 1 saturated carbocycles. The zero-order valence-corrected chi connectivity index (χ0v) is 9.11. The van der Waals surface area contributed by atoms with Crippen LogP contribution in [-0.2, 0) is 4.74 Å². The first-order chi connectivity index (χ1) is 6.89. The molecule has 3 rings (SSSR count). The highest BCUT2D eigenvalue weighted by atomic mass is 32.2. The largest absolute Gasteiger partial charge is 0.381 e. The van der Waals surface area contributed by atoms with Crippen molar-refractivity contribution in [3.05, 3.63) is 0 Å². The molecule has 0 radical (unpaired) electrons. The molecule has 3 nitrogen and oxygen atoms in total. The molecule has 78 valence electrons. The standard InChI is InChI=1S/C10H16N2OS/c1-4-13-5-2-10(1)7-8(10)12-9-11-3-6-14-9/h8H,1-7H2,(H,11,12). The molecule has 2 heterocycles. The van der Waals surface area contributed by atoms with Crippen molar-refractivity contribution in [3.63, 3.8) is 0 Å². The van der Waals surface area contributed by atoms with E-state index in [1.54, 1.807) is 0 Å². The second-order valence-corrected chi connectivity index (χ2v) is 5.49. The van der Waals surface area contributed by atoms with Crippen LogP contribution in [0.5, 0.6) is 0 Å². The first-order valence-corrected chi connectivity index (χ1v) is 6.39. The maximum absolute atomic E-state index is 5.40. The molecular formula is C10H16N2OS. The van der Waals surface area contributed by atoms with Crippen molar-refractivity contribution in [3.8, 4) is 0 Å². The number of rotatable bonds is 1. The third-order valence-electron chi connectivity index (χ3n) is 3.56. The van der Waals surface area contributed by atoms with Gasteiger partial charge in [-0.1, -0.05) is 11.8 Å². The summed E-state index contributed by atoms with van der Waals surface area (Å²) in [5, 5.41) is 4.75. The van der Waals surface area contributed by atoms with Gasteiger partial charge in [0, 0.05) is 25.0 Å². The average Bonchev–Trinajstić information content (AvgIpc) is 2.67.